The third-order valence-corrected chi connectivity index (χ3v) is 6.77. The Morgan fingerprint density at radius 2 is 1.48 bits per heavy atom. The van der Waals surface area contributed by atoms with Crippen molar-refractivity contribution in [2.75, 3.05) is 4.72 Å². The Balaban J connectivity index is 2.01. The zero-order chi connectivity index (χ0) is 23.0. The summed E-state index contributed by atoms with van der Waals surface area (Å²) in [7, 11) is -3.91. The highest BCUT2D eigenvalue weighted by atomic mass is 35.5. The lowest BCUT2D eigenvalue weighted by atomic mass is 9.87. The first-order valence-electron chi connectivity index (χ1n) is 9.67. The van der Waals surface area contributed by atoms with Gasteiger partial charge in [-0.05, 0) is 53.8 Å². The highest BCUT2D eigenvalue weighted by molar-refractivity contribution is 7.92. The smallest absolute Gasteiger partial charge is 0.261 e. The van der Waals surface area contributed by atoms with Crippen LogP contribution < -0.4 is 9.45 Å². The van der Waals surface area contributed by atoms with Crippen molar-refractivity contribution in [3.8, 4) is 0 Å². The summed E-state index contributed by atoms with van der Waals surface area (Å²) >= 11 is 6.15. The van der Waals surface area contributed by atoms with Crippen LogP contribution in [0.1, 0.15) is 44.4 Å². The molecule has 0 fully saturated rings. The summed E-state index contributed by atoms with van der Waals surface area (Å²) in [5.74, 6) is 0. The Kier molecular flexibility index (Phi) is 6.06. The molecule has 0 saturated heterocycles. The molecule has 0 aliphatic heterocycles. The van der Waals surface area contributed by atoms with E-state index in [1.807, 2.05) is 0 Å². The second-order valence-corrected chi connectivity index (χ2v) is 10.7. The second kappa shape index (κ2) is 8.15. The van der Waals surface area contributed by atoms with Crippen molar-refractivity contribution in [2.45, 2.75) is 43.6 Å². The van der Waals surface area contributed by atoms with Crippen molar-refractivity contribution in [1.29, 1.82) is 0 Å². The maximum Gasteiger partial charge on any atom is 0.261 e. The minimum Gasteiger partial charge on any atom is -0.381 e. The van der Waals surface area contributed by atoms with Crippen LogP contribution in [0.2, 0.25) is 5.02 Å². The third kappa shape index (κ3) is 5.01. The number of pyridine rings is 1. The molecule has 0 saturated carbocycles. The first-order valence-corrected chi connectivity index (χ1v) is 11.5. The first-order chi connectivity index (χ1) is 14.3. The molecule has 0 amide bonds. The van der Waals surface area contributed by atoms with E-state index in [0.29, 0.717) is 10.6 Å². The lowest BCUT2D eigenvalue weighted by Gasteiger charge is -2.27. The van der Waals surface area contributed by atoms with Gasteiger partial charge in [0.2, 0.25) is 12.4 Å². The predicted molar refractivity (Wildman–Crippen MR) is 120 cm³/mol. The first kappa shape index (κ1) is 23.1. The number of hydrogen-bond acceptors (Lipinski definition) is 4. The molecule has 1 aromatic heterocycles. The molecule has 6 nitrogen and oxygen atoms in total. The van der Waals surface area contributed by atoms with E-state index in [-0.39, 0.29) is 21.6 Å². The molecule has 3 rings (SSSR count). The van der Waals surface area contributed by atoms with Gasteiger partial charge in [-0.1, -0.05) is 44.5 Å². The number of aliphatic hydroxyl groups is 1. The fourth-order valence-corrected chi connectivity index (χ4v) is 4.50. The number of sulfonamides is 1. The van der Waals surface area contributed by atoms with Crippen molar-refractivity contribution in [2.24, 2.45) is 0 Å². The SMILES string of the molecule is CC(C)(C)c1ccc(S(=O)(=O)Nc2ccc(Cl)cc2C(C)(O)c2cc[n+](O)cc2)cc1. The molecule has 1 unspecified atom stereocenters. The highest BCUT2D eigenvalue weighted by Gasteiger charge is 2.31. The predicted octanol–water partition coefficient (Wildman–Crippen LogP) is 4.22. The summed E-state index contributed by atoms with van der Waals surface area (Å²) < 4.78 is 29.5. The van der Waals surface area contributed by atoms with Crippen LogP contribution in [0.25, 0.3) is 0 Å². The molecule has 164 valence electrons. The van der Waals surface area contributed by atoms with E-state index < -0.39 is 15.6 Å². The van der Waals surface area contributed by atoms with E-state index in [1.165, 1.54) is 43.6 Å². The van der Waals surface area contributed by atoms with Gasteiger partial charge in [-0.3, -0.25) is 9.93 Å². The Bertz CT molecular complexity index is 1180. The maximum absolute atomic E-state index is 13.0. The van der Waals surface area contributed by atoms with Gasteiger partial charge >= 0.3 is 0 Å². The summed E-state index contributed by atoms with van der Waals surface area (Å²) in [6, 6.07) is 14.4. The van der Waals surface area contributed by atoms with Gasteiger partial charge in [-0.2, -0.15) is 0 Å². The lowest BCUT2D eigenvalue weighted by Crippen LogP contribution is -2.31. The average Bonchev–Trinajstić information content (AvgIpc) is 2.69. The Morgan fingerprint density at radius 1 is 0.903 bits per heavy atom. The Labute approximate surface area is 187 Å². The summed E-state index contributed by atoms with van der Waals surface area (Å²) in [4.78, 5) is 0.113. The van der Waals surface area contributed by atoms with Crippen molar-refractivity contribution in [3.63, 3.8) is 0 Å². The molecular formula is C23H26ClN2O4S+. The van der Waals surface area contributed by atoms with Crippen molar-refractivity contribution in [3.05, 3.63) is 88.7 Å². The van der Waals surface area contributed by atoms with E-state index in [4.69, 9.17) is 11.6 Å². The minimum atomic E-state index is -3.91. The number of benzene rings is 2. The number of anilines is 1. The quantitative estimate of drug-likeness (QED) is 0.392. The molecule has 3 aromatic rings. The van der Waals surface area contributed by atoms with E-state index in [1.54, 1.807) is 30.3 Å². The van der Waals surface area contributed by atoms with Crippen molar-refractivity contribution < 1.29 is 23.5 Å². The fourth-order valence-electron chi connectivity index (χ4n) is 3.24. The van der Waals surface area contributed by atoms with Gasteiger partial charge in [0.1, 0.15) is 5.60 Å². The molecular weight excluding hydrogens is 436 g/mol. The topological polar surface area (TPSA) is 90.5 Å². The third-order valence-electron chi connectivity index (χ3n) is 5.16. The Hall–Kier alpha value is -2.61. The molecule has 0 bridgehead atoms. The number of aromatic nitrogens is 1. The lowest BCUT2D eigenvalue weighted by molar-refractivity contribution is -0.904. The zero-order valence-electron chi connectivity index (χ0n) is 17.8. The van der Waals surface area contributed by atoms with Crippen molar-refractivity contribution >= 4 is 27.3 Å². The van der Waals surface area contributed by atoms with Crippen LogP contribution in [-0.4, -0.2) is 18.7 Å². The van der Waals surface area contributed by atoms with Gasteiger partial charge in [0.05, 0.1) is 10.6 Å². The van der Waals surface area contributed by atoms with Crippen LogP contribution in [0.4, 0.5) is 5.69 Å². The van der Waals surface area contributed by atoms with Crippen LogP contribution in [0, 0.1) is 0 Å². The van der Waals surface area contributed by atoms with Crippen LogP contribution in [0.3, 0.4) is 0 Å². The molecule has 1 atom stereocenters. The summed E-state index contributed by atoms with van der Waals surface area (Å²) in [5, 5.41) is 21.1. The average molecular weight is 462 g/mol. The minimum absolute atomic E-state index is 0.0970. The summed E-state index contributed by atoms with van der Waals surface area (Å²) in [6.07, 6.45) is 2.74. The molecule has 3 N–H and O–H groups in total. The van der Waals surface area contributed by atoms with Gasteiger partial charge in [-0.25, -0.2) is 8.42 Å². The second-order valence-electron chi connectivity index (χ2n) is 8.61. The fraction of sp³-hybridized carbons (Fsp3) is 0.261. The van der Waals surface area contributed by atoms with Crippen LogP contribution in [-0.2, 0) is 21.0 Å². The van der Waals surface area contributed by atoms with Gasteiger partial charge in [-0.15, -0.1) is 0 Å². The molecule has 0 aliphatic carbocycles. The monoisotopic (exact) mass is 461 g/mol. The van der Waals surface area contributed by atoms with E-state index >= 15 is 0 Å². The molecule has 0 aliphatic rings. The van der Waals surface area contributed by atoms with Crippen LogP contribution in [0.15, 0.2) is 71.9 Å². The number of halogens is 1. The van der Waals surface area contributed by atoms with E-state index in [0.717, 1.165) is 10.3 Å². The molecule has 31 heavy (non-hydrogen) atoms. The normalized spacial score (nSPS) is 14.1. The largest absolute Gasteiger partial charge is 0.381 e. The van der Waals surface area contributed by atoms with Gasteiger partial charge in [0, 0.05) is 27.4 Å². The molecule has 8 heteroatoms. The van der Waals surface area contributed by atoms with Gasteiger partial charge < -0.3 is 5.11 Å². The highest BCUT2D eigenvalue weighted by Crippen LogP contribution is 2.36. The van der Waals surface area contributed by atoms with Crippen molar-refractivity contribution in [1.82, 2.24) is 0 Å². The number of nitrogens with one attached hydrogen (secondary N) is 1. The van der Waals surface area contributed by atoms with Crippen LogP contribution >= 0.6 is 11.6 Å². The van der Waals surface area contributed by atoms with Gasteiger partial charge in [0.25, 0.3) is 10.0 Å². The Morgan fingerprint density at radius 3 is 2.03 bits per heavy atom. The number of rotatable bonds is 5. The molecule has 1 heterocycles. The van der Waals surface area contributed by atoms with E-state index in [2.05, 4.69) is 25.5 Å². The molecule has 2 aromatic carbocycles. The number of hydrogen-bond donors (Lipinski definition) is 3. The molecule has 0 spiro atoms. The maximum atomic E-state index is 13.0. The zero-order valence-corrected chi connectivity index (χ0v) is 19.4. The van der Waals surface area contributed by atoms with Crippen LogP contribution in [0.5, 0.6) is 0 Å². The summed E-state index contributed by atoms with van der Waals surface area (Å²) in [6.45, 7) is 7.70. The van der Waals surface area contributed by atoms with Gasteiger partial charge in [0.15, 0.2) is 0 Å². The summed E-state index contributed by atoms with van der Waals surface area (Å²) in [5.41, 5.74) is 0.287. The molecule has 0 radical (unpaired) electrons. The standard InChI is InChI=1S/C23H26ClN2O4S/c1-22(2,3)16-5-8-19(9-6-16)31(29,30)25-21-10-7-18(24)15-20(21)23(4,27)17-11-13-26(28)14-12-17/h5-15,25,27-28H,1-4H3/q+1. The number of nitrogens with zero attached hydrogens (tertiary/aromatic N) is 1. The van der Waals surface area contributed by atoms with E-state index in [9.17, 15) is 18.7 Å².